The summed E-state index contributed by atoms with van der Waals surface area (Å²) < 4.78 is 0. The second kappa shape index (κ2) is 8.28. The third-order valence-electron chi connectivity index (χ3n) is 4.19. The highest BCUT2D eigenvalue weighted by atomic mass is 16.2. The highest BCUT2D eigenvalue weighted by molar-refractivity contribution is 5.79. The highest BCUT2D eigenvalue weighted by Crippen LogP contribution is 2.27. The van der Waals surface area contributed by atoms with Gasteiger partial charge in [0.05, 0.1) is 0 Å². The molecular formula is C16H30N2O2. The molecule has 0 heterocycles. The number of carbonyl (C=O) groups is 2. The van der Waals surface area contributed by atoms with Crippen molar-refractivity contribution in [2.75, 3.05) is 0 Å². The zero-order valence-electron chi connectivity index (χ0n) is 13.4. The van der Waals surface area contributed by atoms with Gasteiger partial charge in [-0.2, -0.15) is 0 Å². The molecule has 1 fully saturated rings. The van der Waals surface area contributed by atoms with Gasteiger partial charge in [-0.3, -0.25) is 9.59 Å². The van der Waals surface area contributed by atoms with Crippen LogP contribution in [0.1, 0.15) is 66.2 Å². The third-order valence-corrected chi connectivity index (χ3v) is 4.19. The van der Waals surface area contributed by atoms with E-state index in [1.807, 2.05) is 27.7 Å². The molecule has 0 aromatic carbocycles. The molecule has 1 rings (SSSR count). The van der Waals surface area contributed by atoms with Crippen molar-refractivity contribution in [3.63, 3.8) is 0 Å². The van der Waals surface area contributed by atoms with E-state index in [9.17, 15) is 9.59 Å². The van der Waals surface area contributed by atoms with Crippen LogP contribution in [0.2, 0.25) is 0 Å². The van der Waals surface area contributed by atoms with E-state index in [1.165, 1.54) is 0 Å². The maximum Gasteiger partial charge on any atom is 0.223 e. The third kappa shape index (κ3) is 5.51. The van der Waals surface area contributed by atoms with Crippen LogP contribution in [0, 0.1) is 11.8 Å². The quantitative estimate of drug-likeness (QED) is 0.787. The maximum absolute atomic E-state index is 12.0. The molecule has 1 aliphatic rings. The SMILES string of the molecule is CCC(C)C(=O)NC1CCCCC1CC(=O)NC(C)C. The molecule has 4 heteroatoms. The molecule has 2 amide bonds. The van der Waals surface area contributed by atoms with Crippen molar-refractivity contribution in [2.24, 2.45) is 11.8 Å². The Kier molecular flexibility index (Phi) is 7.03. The highest BCUT2D eigenvalue weighted by Gasteiger charge is 2.29. The van der Waals surface area contributed by atoms with Crippen molar-refractivity contribution in [1.29, 1.82) is 0 Å². The lowest BCUT2D eigenvalue weighted by Gasteiger charge is -2.32. The molecule has 116 valence electrons. The second-order valence-corrected chi connectivity index (χ2v) is 6.40. The number of hydrogen-bond acceptors (Lipinski definition) is 2. The molecule has 0 bridgehead atoms. The van der Waals surface area contributed by atoms with Gasteiger partial charge in [-0.15, -0.1) is 0 Å². The molecule has 0 aliphatic heterocycles. The van der Waals surface area contributed by atoms with Crippen LogP contribution in [0.25, 0.3) is 0 Å². The zero-order valence-corrected chi connectivity index (χ0v) is 13.4. The van der Waals surface area contributed by atoms with E-state index in [1.54, 1.807) is 0 Å². The van der Waals surface area contributed by atoms with E-state index in [0.717, 1.165) is 32.1 Å². The molecule has 4 nitrogen and oxygen atoms in total. The van der Waals surface area contributed by atoms with Crippen LogP contribution in [-0.4, -0.2) is 23.9 Å². The van der Waals surface area contributed by atoms with Crippen molar-refractivity contribution < 1.29 is 9.59 Å². The first-order chi connectivity index (χ1) is 9.43. The van der Waals surface area contributed by atoms with Gasteiger partial charge in [-0.25, -0.2) is 0 Å². The second-order valence-electron chi connectivity index (χ2n) is 6.40. The van der Waals surface area contributed by atoms with Crippen molar-refractivity contribution >= 4 is 11.8 Å². The molecule has 0 aromatic rings. The minimum atomic E-state index is 0.0575. The Labute approximate surface area is 123 Å². The lowest BCUT2D eigenvalue weighted by molar-refractivity contribution is -0.127. The van der Waals surface area contributed by atoms with Gasteiger partial charge in [-0.05, 0) is 39.0 Å². The molecule has 0 radical (unpaired) electrons. The predicted molar refractivity (Wildman–Crippen MR) is 81.2 cm³/mol. The van der Waals surface area contributed by atoms with Gasteiger partial charge in [-0.1, -0.05) is 26.7 Å². The summed E-state index contributed by atoms with van der Waals surface area (Å²) >= 11 is 0. The smallest absolute Gasteiger partial charge is 0.223 e. The van der Waals surface area contributed by atoms with E-state index in [2.05, 4.69) is 10.6 Å². The fourth-order valence-corrected chi connectivity index (χ4v) is 2.77. The monoisotopic (exact) mass is 282 g/mol. The molecule has 1 aliphatic carbocycles. The minimum Gasteiger partial charge on any atom is -0.354 e. The minimum absolute atomic E-state index is 0.0575. The predicted octanol–water partition coefficient (Wildman–Crippen LogP) is 2.62. The Hall–Kier alpha value is -1.06. The fourth-order valence-electron chi connectivity index (χ4n) is 2.77. The number of nitrogens with one attached hydrogen (secondary N) is 2. The average molecular weight is 282 g/mol. The van der Waals surface area contributed by atoms with Crippen LogP contribution in [0.15, 0.2) is 0 Å². The summed E-state index contributed by atoms with van der Waals surface area (Å²) in [6.07, 6.45) is 5.74. The normalized spacial score (nSPS) is 24.2. The summed E-state index contributed by atoms with van der Waals surface area (Å²) in [6, 6.07) is 0.349. The van der Waals surface area contributed by atoms with Crippen molar-refractivity contribution in [3.05, 3.63) is 0 Å². The van der Waals surface area contributed by atoms with E-state index in [0.29, 0.717) is 6.42 Å². The largest absolute Gasteiger partial charge is 0.354 e. The van der Waals surface area contributed by atoms with Crippen LogP contribution in [0.3, 0.4) is 0 Å². The summed E-state index contributed by atoms with van der Waals surface area (Å²) in [5.74, 6) is 0.584. The summed E-state index contributed by atoms with van der Waals surface area (Å²) in [6.45, 7) is 7.93. The molecule has 3 atom stereocenters. The summed E-state index contributed by atoms with van der Waals surface area (Å²) in [7, 11) is 0. The topological polar surface area (TPSA) is 58.2 Å². The van der Waals surface area contributed by atoms with Gasteiger partial charge in [0.2, 0.25) is 11.8 Å². The molecule has 20 heavy (non-hydrogen) atoms. The van der Waals surface area contributed by atoms with E-state index < -0.39 is 0 Å². The van der Waals surface area contributed by atoms with E-state index in [4.69, 9.17) is 0 Å². The number of hydrogen-bond donors (Lipinski definition) is 2. The van der Waals surface area contributed by atoms with Crippen LogP contribution in [0.5, 0.6) is 0 Å². The van der Waals surface area contributed by atoms with Crippen LogP contribution in [-0.2, 0) is 9.59 Å². The standard InChI is InChI=1S/C16H30N2O2/c1-5-12(4)16(20)18-14-9-7-6-8-13(14)10-15(19)17-11(2)3/h11-14H,5-10H2,1-4H3,(H,17,19)(H,18,20). The lowest BCUT2D eigenvalue weighted by atomic mass is 9.82. The summed E-state index contributed by atoms with van der Waals surface area (Å²) in [5.41, 5.74) is 0. The molecule has 1 saturated carbocycles. The van der Waals surface area contributed by atoms with Gasteiger partial charge >= 0.3 is 0 Å². The summed E-state index contributed by atoms with van der Waals surface area (Å²) in [4.78, 5) is 24.0. The van der Waals surface area contributed by atoms with Gasteiger partial charge in [0.15, 0.2) is 0 Å². The first-order valence-electron chi connectivity index (χ1n) is 8.03. The van der Waals surface area contributed by atoms with E-state index in [-0.39, 0.29) is 35.7 Å². The molecular weight excluding hydrogens is 252 g/mol. The molecule has 0 saturated heterocycles. The first-order valence-corrected chi connectivity index (χ1v) is 8.03. The first kappa shape index (κ1) is 17.0. The van der Waals surface area contributed by atoms with Crippen LogP contribution in [0.4, 0.5) is 0 Å². The maximum atomic E-state index is 12.0. The van der Waals surface area contributed by atoms with E-state index >= 15 is 0 Å². The van der Waals surface area contributed by atoms with Gasteiger partial charge in [0.25, 0.3) is 0 Å². The Morgan fingerprint density at radius 3 is 2.40 bits per heavy atom. The van der Waals surface area contributed by atoms with Gasteiger partial charge in [0.1, 0.15) is 0 Å². The Morgan fingerprint density at radius 2 is 1.80 bits per heavy atom. The number of carbonyl (C=O) groups excluding carboxylic acids is 2. The summed E-state index contributed by atoms with van der Waals surface area (Å²) in [5, 5.41) is 6.11. The molecule has 0 spiro atoms. The number of amides is 2. The Balaban J connectivity index is 2.53. The molecule has 0 aromatic heterocycles. The Morgan fingerprint density at radius 1 is 1.15 bits per heavy atom. The molecule has 3 unspecified atom stereocenters. The van der Waals surface area contributed by atoms with Crippen LogP contribution >= 0.6 is 0 Å². The molecule has 2 N–H and O–H groups in total. The van der Waals surface area contributed by atoms with Gasteiger partial charge < -0.3 is 10.6 Å². The van der Waals surface area contributed by atoms with Crippen LogP contribution < -0.4 is 10.6 Å². The lowest BCUT2D eigenvalue weighted by Crippen LogP contribution is -2.45. The van der Waals surface area contributed by atoms with Crippen molar-refractivity contribution in [3.8, 4) is 0 Å². The zero-order chi connectivity index (χ0) is 15.1. The average Bonchev–Trinajstić information content (AvgIpc) is 2.39. The fraction of sp³-hybridized carbons (Fsp3) is 0.875. The Bertz CT molecular complexity index is 328. The number of rotatable bonds is 6. The van der Waals surface area contributed by atoms with Crippen molar-refractivity contribution in [1.82, 2.24) is 10.6 Å². The van der Waals surface area contributed by atoms with Gasteiger partial charge in [0, 0.05) is 24.4 Å². The van der Waals surface area contributed by atoms with Crippen molar-refractivity contribution in [2.45, 2.75) is 78.3 Å².